The molecule has 0 aliphatic carbocycles. The third-order valence-electron chi connectivity index (χ3n) is 7.41. The van der Waals surface area contributed by atoms with Crippen molar-refractivity contribution in [2.75, 3.05) is 37.6 Å². The summed E-state index contributed by atoms with van der Waals surface area (Å²) in [5, 5.41) is 21.9. The number of unbranched alkanes of at least 4 members (excludes halogenated alkanes) is 1. The van der Waals surface area contributed by atoms with Crippen molar-refractivity contribution in [3.63, 3.8) is 0 Å². The fourth-order valence-electron chi connectivity index (χ4n) is 4.76. The van der Waals surface area contributed by atoms with E-state index in [1.165, 1.54) is 20.2 Å². The average Bonchev–Trinajstić information content (AvgIpc) is 3.51. The van der Waals surface area contributed by atoms with Gasteiger partial charge in [-0.25, -0.2) is 9.97 Å². The van der Waals surface area contributed by atoms with Gasteiger partial charge in [-0.1, -0.05) is 33.3 Å². The van der Waals surface area contributed by atoms with E-state index in [2.05, 4.69) is 36.0 Å². The van der Waals surface area contributed by atoms with Crippen LogP contribution < -0.4 is 20.7 Å². The number of halogens is 4. The number of pyridine rings is 1. The third kappa shape index (κ3) is 10.1. The van der Waals surface area contributed by atoms with E-state index in [-0.39, 0.29) is 23.9 Å². The maximum absolute atomic E-state index is 14.1. The highest BCUT2D eigenvalue weighted by Gasteiger charge is 2.36. The number of aromatic nitrogens is 5. The number of aliphatic hydroxyl groups is 1. The van der Waals surface area contributed by atoms with Gasteiger partial charge in [-0.15, -0.1) is 0 Å². The monoisotopic (exact) mass is 814 g/mol. The molecule has 49 heavy (non-hydrogen) atoms. The third-order valence-corrected chi connectivity index (χ3v) is 11.7. The number of carbonyl (C=O) groups is 1. The maximum Gasteiger partial charge on any atom is 0.421 e. The van der Waals surface area contributed by atoms with Crippen molar-refractivity contribution in [3.05, 3.63) is 65.7 Å². The quantitative estimate of drug-likeness (QED) is 0.0695. The summed E-state index contributed by atoms with van der Waals surface area (Å²) in [5.74, 6) is -1.06. The number of carbonyl (C=O) groups excluding carboxylic acids is 1. The molecule has 3 aromatic heterocycles. The molecule has 1 aromatic carbocycles. The lowest BCUT2D eigenvalue weighted by Gasteiger charge is -2.20. The molecule has 4 aromatic rings. The highest BCUT2D eigenvalue weighted by Crippen LogP contribution is 2.58. The van der Waals surface area contributed by atoms with E-state index >= 15 is 0 Å². The van der Waals surface area contributed by atoms with Crippen LogP contribution in [0.25, 0.3) is 11.3 Å². The lowest BCUT2D eigenvalue weighted by Crippen LogP contribution is -2.23. The van der Waals surface area contributed by atoms with E-state index in [4.69, 9.17) is 4.74 Å². The van der Waals surface area contributed by atoms with Crippen LogP contribution >= 0.6 is 26.8 Å². The van der Waals surface area contributed by atoms with Crippen molar-refractivity contribution in [2.45, 2.75) is 52.5 Å². The number of alkyl halides is 3. The molecule has 1 unspecified atom stereocenters. The highest BCUT2D eigenvalue weighted by molar-refractivity contribution is 14.2. The van der Waals surface area contributed by atoms with E-state index in [0.29, 0.717) is 47.8 Å². The largest absolute Gasteiger partial charge is 0.495 e. The van der Waals surface area contributed by atoms with E-state index in [9.17, 15) is 27.6 Å². The van der Waals surface area contributed by atoms with Crippen LogP contribution in [-0.4, -0.2) is 62.7 Å². The van der Waals surface area contributed by atoms with E-state index < -0.39 is 33.7 Å². The molecule has 4 rings (SSSR count). The van der Waals surface area contributed by atoms with Gasteiger partial charge in [-0.3, -0.25) is 9.48 Å². The Morgan fingerprint density at radius 3 is 2.49 bits per heavy atom. The van der Waals surface area contributed by atoms with Gasteiger partial charge < -0.3 is 30.4 Å². The van der Waals surface area contributed by atoms with Crippen LogP contribution in [0, 0.1) is 5.41 Å². The summed E-state index contributed by atoms with van der Waals surface area (Å²) in [6.45, 7) is 6.18. The normalized spacial score (nSPS) is 13.1. The van der Waals surface area contributed by atoms with Crippen LogP contribution in [0.5, 0.6) is 5.75 Å². The minimum Gasteiger partial charge on any atom is -0.495 e. The molecule has 264 valence electrons. The number of nitrogens with zero attached hydrogens (tertiary/aromatic N) is 5. The molecule has 1 amide bonds. The fourth-order valence-corrected chi connectivity index (χ4v) is 8.65. The van der Waals surface area contributed by atoms with Crippen LogP contribution in [0.15, 0.2) is 48.9 Å². The van der Waals surface area contributed by atoms with Crippen LogP contribution in [0.2, 0.25) is 0 Å². The Labute approximate surface area is 295 Å². The van der Waals surface area contributed by atoms with Crippen LogP contribution in [-0.2, 0) is 23.4 Å². The molecule has 0 bridgehead atoms. The summed E-state index contributed by atoms with van der Waals surface area (Å²) in [5.41, 5.74) is 0.316. The molecule has 17 heteroatoms. The molecule has 0 saturated carbocycles. The number of nitrogens with one attached hydrogen (secondary N) is 3. The first kappa shape index (κ1) is 38.0. The minimum atomic E-state index is -4.83. The predicted octanol–water partition coefficient (Wildman–Crippen LogP) is 7.64. The van der Waals surface area contributed by atoms with Crippen molar-refractivity contribution in [3.8, 4) is 17.0 Å². The summed E-state index contributed by atoms with van der Waals surface area (Å²) in [4.78, 5) is 22.9. The Hall–Kier alpha value is -3.76. The second-order valence-corrected chi connectivity index (χ2v) is 19.8. The molecular weight excluding hydrogens is 775 g/mol. The molecule has 0 aliphatic heterocycles. The molecule has 4 N–H and O–H groups in total. The smallest absolute Gasteiger partial charge is 0.421 e. The second-order valence-electron chi connectivity index (χ2n) is 12.2. The number of ether oxygens (including phenoxy) is 1. The molecule has 0 aliphatic rings. The lowest BCUT2D eigenvalue weighted by atomic mass is 9.95. The number of hydrogen-bond acceptors (Lipinski definition) is 10. The van der Waals surface area contributed by atoms with Crippen molar-refractivity contribution in [1.29, 1.82) is 0 Å². The van der Waals surface area contributed by atoms with E-state index in [0.717, 1.165) is 18.4 Å². The number of aliphatic hydroxyl groups excluding tert-OH is 1. The highest BCUT2D eigenvalue weighted by atomic mass is 127. The number of benzene rings is 1. The van der Waals surface area contributed by atoms with Crippen LogP contribution in [0.1, 0.15) is 55.2 Å². The molecule has 3 heterocycles. The zero-order valence-corrected chi connectivity index (χ0v) is 30.8. The van der Waals surface area contributed by atoms with E-state index in [1.807, 2.05) is 42.8 Å². The Balaban J connectivity index is 1.66. The Morgan fingerprint density at radius 2 is 1.84 bits per heavy atom. The fraction of sp³-hybridized carbons (Fsp3) is 0.406. The number of rotatable bonds is 15. The van der Waals surface area contributed by atoms with E-state index in [1.54, 1.807) is 41.3 Å². The summed E-state index contributed by atoms with van der Waals surface area (Å²) >= 11 is 2.03. The molecular formula is C32H39F3IN8O4P. The molecule has 1 atom stereocenters. The first-order valence-corrected chi connectivity index (χ1v) is 20.2. The van der Waals surface area contributed by atoms with Crippen molar-refractivity contribution < 1.29 is 32.4 Å². The molecule has 0 saturated heterocycles. The Bertz CT molecular complexity index is 1840. The van der Waals surface area contributed by atoms with Gasteiger partial charge in [-0.2, -0.15) is 23.3 Å². The Kier molecular flexibility index (Phi) is 12.3. The summed E-state index contributed by atoms with van der Waals surface area (Å²) in [7, 11) is 2.83. The van der Waals surface area contributed by atoms with Gasteiger partial charge in [0.2, 0.25) is 5.95 Å². The molecule has 0 fully saturated rings. The SMILES string of the molecule is CCCCP(=O)(I)Cc1ccc(Nc2ncc(C(F)(F)F)c(Nc3ccc(-c4cnn(CC(C)(C)CO)c4)nc3C(=O)NC)n2)c(OC)c1. The summed E-state index contributed by atoms with van der Waals surface area (Å²) in [6.07, 6.45) is 1.86. The Morgan fingerprint density at radius 1 is 1.10 bits per heavy atom. The minimum absolute atomic E-state index is 0.0275. The van der Waals surface area contributed by atoms with Crippen molar-refractivity contribution >= 4 is 55.9 Å². The molecule has 0 radical (unpaired) electrons. The lowest BCUT2D eigenvalue weighted by molar-refractivity contribution is -0.137. The van der Waals surface area contributed by atoms with Gasteiger partial charge in [0.05, 0.1) is 30.4 Å². The topological polar surface area (TPSA) is 156 Å². The van der Waals surface area contributed by atoms with Gasteiger partial charge in [0, 0.05) is 55.9 Å². The molecule has 12 nitrogen and oxygen atoms in total. The number of amides is 1. The molecule has 0 spiro atoms. The van der Waals surface area contributed by atoms with Gasteiger partial charge in [0.25, 0.3) is 5.91 Å². The zero-order valence-electron chi connectivity index (χ0n) is 27.7. The first-order valence-electron chi connectivity index (χ1n) is 15.4. The zero-order chi connectivity index (χ0) is 36.0. The standard InChI is InChI=1S/C32H39F3IN8O4P/c1-6-7-12-49(36,47)17-20-8-9-24(26(13-20)48-5)42-30-38-15-22(32(33,34)35)28(43-30)41-25-11-10-23(40-27(25)29(46)37-4)21-14-39-44(16-21)18-31(2,3)19-45/h8-11,13-16,45H,6-7,12,17-19H2,1-5H3,(H,37,46)(H2,38,41,42,43). The van der Waals surface area contributed by atoms with Crippen molar-refractivity contribution in [1.82, 2.24) is 30.0 Å². The van der Waals surface area contributed by atoms with Gasteiger partial charge in [0.15, 0.2) is 5.69 Å². The van der Waals surface area contributed by atoms with Gasteiger partial charge >= 0.3 is 6.18 Å². The first-order chi connectivity index (χ1) is 23.1. The predicted molar refractivity (Wildman–Crippen MR) is 191 cm³/mol. The maximum atomic E-state index is 14.1. The average molecular weight is 815 g/mol. The van der Waals surface area contributed by atoms with Crippen LogP contribution in [0.4, 0.5) is 36.3 Å². The summed E-state index contributed by atoms with van der Waals surface area (Å²) < 4.78 is 62.6. The van der Waals surface area contributed by atoms with Crippen LogP contribution in [0.3, 0.4) is 0 Å². The number of methoxy groups -OCH3 is 1. The summed E-state index contributed by atoms with van der Waals surface area (Å²) in [6, 6.07) is 8.14. The van der Waals surface area contributed by atoms with Crippen molar-refractivity contribution in [2.24, 2.45) is 5.41 Å². The second kappa shape index (κ2) is 15.9. The number of hydrogen-bond donors (Lipinski definition) is 4. The van der Waals surface area contributed by atoms with Gasteiger partial charge in [0.1, 0.15) is 21.9 Å². The number of anilines is 4. The van der Waals surface area contributed by atoms with Gasteiger partial charge in [-0.05, 0) is 58.3 Å².